The molecule has 0 atom stereocenters. The normalized spacial score (nSPS) is 11.2. The summed E-state index contributed by atoms with van der Waals surface area (Å²) in [6.07, 6.45) is 1.06. The molecule has 0 aliphatic heterocycles. The van der Waals surface area contributed by atoms with Gasteiger partial charge in [-0.25, -0.2) is 12.8 Å². The molecule has 6 nitrogen and oxygen atoms in total. The van der Waals surface area contributed by atoms with E-state index < -0.39 is 27.5 Å². The van der Waals surface area contributed by atoms with E-state index in [1.807, 2.05) is 0 Å². The van der Waals surface area contributed by atoms with Gasteiger partial charge in [-0.15, -0.1) is 11.3 Å². The second-order valence-electron chi connectivity index (χ2n) is 6.42. The van der Waals surface area contributed by atoms with Gasteiger partial charge in [0, 0.05) is 6.26 Å². The molecule has 3 rings (SSSR count). The van der Waals surface area contributed by atoms with Gasteiger partial charge in [0.25, 0.3) is 11.8 Å². The summed E-state index contributed by atoms with van der Waals surface area (Å²) in [5, 5.41) is 5.59. The Morgan fingerprint density at radius 2 is 1.73 bits per heavy atom. The number of hydrogen-bond donors (Lipinski definition) is 2. The number of nitrogens with one attached hydrogen (secondary N) is 2. The average molecular weight is 467 g/mol. The number of thiophene rings is 1. The maximum absolute atomic E-state index is 13.2. The zero-order valence-electron chi connectivity index (χ0n) is 15.8. The summed E-state index contributed by atoms with van der Waals surface area (Å²) in [6, 6.07) is 11.1. The highest BCUT2D eigenvalue weighted by atomic mass is 35.5. The second kappa shape index (κ2) is 8.55. The molecule has 10 heteroatoms. The predicted molar refractivity (Wildman–Crippen MR) is 116 cm³/mol. The first kappa shape index (κ1) is 21.9. The Morgan fingerprint density at radius 3 is 2.40 bits per heavy atom. The fourth-order valence-electron chi connectivity index (χ4n) is 2.69. The molecule has 0 saturated carbocycles. The maximum Gasteiger partial charge on any atom is 0.266 e. The Labute approximate surface area is 181 Å². The first-order valence-corrected chi connectivity index (χ1v) is 11.6. The van der Waals surface area contributed by atoms with Gasteiger partial charge in [0.2, 0.25) is 0 Å². The fraction of sp³-hybridized carbons (Fsp3) is 0.100. The molecule has 0 aliphatic rings. The number of carbonyl (C=O) groups excluding carboxylic acids is 2. The molecule has 0 aliphatic carbocycles. The van der Waals surface area contributed by atoms with Crippen molar-refractivity contribution in [2.24, 2.45) is 0 Å². The van der Waals surface area contributed by atoms with E-state index in [9.17, 15) is 22.4 Å². The summed E-state index contributed by atoms with van der Waals surface area (Å²) in [5.41, 5.74) is 0.855. The molecule has 156 valence electrons. The Bertz CT molecular complexity index is 1260. The third-order valence-corrected chi connectivity index (χ3v) is 6.69. The lowest BCUT2D eigenvalue weighted by Crippen LogP contribution is -2.14. The van der Waals surface area contributed by atoms with Crippen LogP contribution in [0.25, 0.3) is 0 Å². The van der Waals surface area contributed by atoms with E-state index >= 15 is 0 Å². The van der Waals surface area contributed by atoms with Gasteiger partial charge >= 0.3 is 0 Å². The molecule has 1 aromatic heterocycles. The van der Waals surface area contributed by atoms with Crippen molar-refractivity contribution in [1.29, 1.82) is 0 Å². The van der Waals surface area contributed by atoms with Gasteiger partial charge in [0.1, 0.15) is 5.82 Å². The number of carbonyl (C=O) groups is 2. The highest BCUT2D eigenvalue weighted by molar-refractivity contribution is 7.90. The summed E-state index contributed by atoms with van der Waals surface area (Å²) in [5.74, 6) is -1.61. The summed E-state index contributed by atoms with van der Waals surface area (Å²) in [7, 11) is -3.53. The van der Waals surface area contributed by atoms with Gasteiger partial charge in [-0.05, 0) is 48.9 Å². The van der Waals surface area contributed by atoms with Crippen molar-refractivity contribution in [1.82, 2.24) is 0 Å². The quantitative estimate of drug-likeness (QED) is 0.567. The third kappa shape index (κ3) is 4.86. The summed E-state index contributed by atoms with van der Waals surface area (Å²) in [6.45, 7) is 1.69. The minimum atomic E-state index is -3.53. The topological polar surface area (TPSA) is 92.3 Å². The van der Waals surface area contributed by atoms with Crippen LogP contribution in [0.5, 0.6) is 0 Å². The van der Waals surface area contributed by atoms with Gasteiger partial charge in [-0.2, -0.15) is 0 Å². The smallest absolute Gasteiger partial charge is 0.266 e. The molecule has 0 radical (unpaired) electrons. The lowest BCUT2D eigenvalue weighted by Gasteiger charge is -2.09. The van der Waals surface area contributed by atoms with Gasteiger partial charge in [0.15, 0.2) is 9.84 Å². The van der Waals surface area contributed by atoms with Crippen LogP contribution in [0.2, 0.25) is 5.02 Å². The number of anilines is 2. The van der Waals surface area contributed by atoms with Crippen molar-refractivity contribution in [3.63, 3.8) is 0 Å². The minimum absolute atomic E-state index is 0.00652. The zero-order valence-corrected chi connectivity index (χ0v) is 18.2. The van der Waals surface area contributed by atoms with Crippen LogP contribution in [0.4, 0.5) is 15.1 Å². The SMILES string of the molecule is Cc1cc(NC(=O)c2ccc(F)cc2Cl)sc1C(=O)Nc1ccccc1S(C)(=O)=O. The van der Waals surface area contributed by atoms with Gasteiger partial charge in [-0.1, -0.05) is 23.7 Å². The van der Waals surface area contributed by atoms with Gasteiger partial charge < -0.3 is 10.6 Å². The number of para-hydroxylation sites is 1. The van der Waals surface area contributed by atoms with Crippen LogP contribution in [0.1, 0.15) is 25.6 Å². The number of amides is 2. The summed E-state index contributed by atoms with van der Waals surface area (Å²) in [4.78, 5) is 25.4. The molecule has 3 aromatic rings. The minimum Gasteiger partial charge on any atom is -0.320 e. The van der Waals surface area contributed by atoms with E-state index in [0.717, 1.165) is 29.7 Å². The van der Waals surface area contributed by atoms with Crippen molar-refractivity contribution in [2.75, 3.05) is 16.9 Å². The van der Waals surface area contributed by atoms with E-state index in [1.54, 1.807) is 25.1 Å². The largest absolute Gasteiger partial charge is 0.320 e. The molecule has 0 fully saturated rings. The molecular weight excluding hydrogens is 451 g/mol. The van der Waals surface area contributed by atoms with E-state index in [1.165, 1.54) is 18.2 Å². The van der Waals surface area contributed by atoms with Crippen molar-refractivity contribution < 1.29 is 22.4 Å². The van der Waals surface area contributed by atoms with E-state index in [-0.39, 0.29) is 21.2 Å². The van der Waals surface area contributed by atoms with Crippen LogP contribution >= 0.6 is 22.9 Å². The first-order valence-electron chi connectivity index (χ1n) is 8.53. The lowest BCUT2D eigenvalue weighted by molar-refractivity contribution is 0.102. The maximum atomic E-state index is 13.2. The number of sulfone groups is 1. The zero-order chi connectivity index (χ0) is 22.1. The van der Waals surface area contributed by atoms with Crippen molar-refractivity contribution in [2.45, 2.75) is 11.8 Å². The highest BCUT2D eigenvalue weighted by Crippen LogP contribution is 2.30. The standard InChI is InChI=1S/C20H16ClFN2O4S2/c1-11-9-17(24-19(25)13-8-7-12(22)10-14(13)21)29-18(11)20(26)23-15-5-3-4-6-16(15)30(2,27)28/h3-10H,1-2H3,(H,23,26)(H,24,25). The second-order valence-corrected chi connectivity index (χ2v) is 9.87. The predicted octanol–water partition coefficient (Wildman–Crippen LogP) is 4.76. The molecule has 1 heterocycles. The third-order valence-electron chi connectivity index (χ3n) is 4.07. The number of benzene rings is 2. The monoisotopic (exact) mass is 466 g/mol. The Balaban J connectivity index is 1.81. The molecule has 2 N–H and O–H groups in total. The summed E-state index contributed by atoms with van der Waals surface area (Å²) >= 11 is 6.93. The number of hydrogen-bond acceptors (Lipinski definition) is 5. The molecular formula is C20H16ClFN2O4S2. The molecule has 0 saturated heterocycles. The van der Waals surface area contributed by atoms with E-state index in [2.05, 4.69) is 10.6 Å². The van der Waals surface area contributed by atoms with Crippen LogP contribution in [0.15, 0.2) is 53.4 Å². The molecule has 2 amide bonds. The molecule has 0 bridgehead atoms. The number of aryl methyl sites for hydroxylation is 1. The molecule has 0 unspecified atom stereocenters. The Hall–Kier alpha value is -2.75. The molecule has 30 heavy (non-hydrogen) atoms. The van der Waals surface area contributed by atoms with Gasteiger partial charge in [-0.3, -0.25) is 9.59 Å². The number of halogens is 2. The Morgan fingerprint density at radius 1 is 1.03 bits per heavy atom. The highest BCUT2D eigenvalue weighted by Gasteiger charge is 2.20. The van der Waals surface area contributed by atoms with E-state index in [4.69, 9.17) is 11.6 Å². The van der Waals surface area contributed by atoms with Crippen LogP contribution < -0.4 is 10.6 Å². The molecule has 2 aromatic carbocycles. The van der Waals surface area contributed by atoms with E-state index in [0.29, 0.717) is 15.4 Å². The van der Waals surface area contributed by atoms with Crippen LogP contribution in [0, 0.1) is 12.7 Å². The van der Waals surface area contributed by atoms with Crippen LogP contribution in [0.3, 0.4) is 0 Å². The Kier molecular flexibility index (Phi) is 6.25. The van der Waals surface area contributed by atoms with Crippen LogP contribution in [-0.4, -0.2) is 26.5 Å². The lowest BCUT2D eigenvalue weighted by atomic mass is 10.2. The van der Waals surface area contributed by atoms with Crippen molar-refractivity contribution in [3.05, 3.63) is 75.4 Å². The molecule has 0 spiro atoms. The average Bonchev–Trinajstić information content (AvgIpc) is 3.01. The fourth-order valence-corrected chi connectivity index (χ4v) is 4.75. The van der Waals surface area contributed by atoms with Crippen molar-refractivity contribution in [3.8, 4) is 0 Å². The number of rotatable bonds is 5. The summed E-state index contributed by atoms with van der Waals surface area (Å²) < 4.78 is 37.0. The van der Waals surface area contributed by atoms with Gasteiger partial charge in [0.05, 0.1) is 31.0 Å². The van der Waals surface area contributed by atoms with Crippen molar-refractivity contribution >= 4 is 55.3 Å². The first-order chi connectivity index (χ1) is 14.1. The van der Waals surface area contributed by atoms with Crippen LogP contribution in [-0.2, 0) is 9.84 Å².